The summed E-state index contributed by atoms with van der Waals surface area (Å²) < 4.78 is 0. The minimum atomic E-state index is -0.382. The number of nitrogens with zero attached hydrogens (tertiary/aromatic N) is 1. The van der Waals surface area contributed by atoms with Gasteiger partial charge in [-0.25, -0.2) is 4.98 Å². The molecular formula is C26H29N3O2. The maximum Gasteiger partial charge on any atom is 0.255 e. The number of rotatable bonds is 4. The number of Topliss-reactive ketones (excluding diaryl/α,β-unsaturated/α-hetero) is 1. The molecule has 5 nitrogen and oxygen atoms in total. The van der Waals surface area contributed by atoms with Gasteiger partial charge in [0.1, 0.15) is 5.82 Å². The summed E-state index contributed by atoms with van der Waals surface area (Å²) in [7, 11) is 0. The predicted molar refractivity (Wildman–Crippen MR) is 122 cm³/mol. The van der Waals surface area contributed by atoms with Crippen molar-refractivity contribution in [3.05, 3.63) is 81.8 Å². The van der Waals surface area contributed by atoms with Gasteiger partial charge in [0.2, 0.25) is 0 Å². The van der Waals surface area contributed by atoms with Crippen molar-refractivity contribution in [3.8, 4) is 0 Å². The Morgan fingerprint density at radius 1 is 1.13 bits per heavy atom. The van der Waals surface area contributed by atoms with E-state index in [9.17, 15) is 9.59 Å². The molecule has 31 heavy (non-hydrogen) atoms. The number of pyridine rings is 1. The lowest BCUT2D eigenvalue weighted by Gasteiger charge is -2.36. The van der Waals surface area contributed by atoms with Crippen molar-refractivity contribution < 1.29 is 9.59 Å². The molecule has 2 aromatic rings. The number of carbonyl (C=O) groups is 2. The number of ketones is 1. The molecule has 160 valence electrons. The lowest BCUT2D eigenvalue weighted by molar-refractivity contribution is -0.117. The van der Waals surface area contributed by atoms with Gasteiger partial charge in [0.25, 0.3) is 5.91 Å². The van der Waals surface area contributed by atoms with Crippen LogP contribution in [0.5, 0.6) is 0 Å². The first-order chi connectivity index (χ1) is 14.9. The van der Waals surface area contributed by atoms with E-state index in [2.05, 4.69) is 53.7 Å². The normalized spacial score (nSPS) is 21.0. The molecule has 2 heterocycles. The van der Waals surface area contributed by atoms with Crippen LogP contribution in [0.4, 0.5) is 5.82 Å². The van der Waals surface area contributed by atoms with Gasteiger partial charge in [0.05, 0.1) is 0 Å². The minimum absolute atomic E-state index is 0.122. The number of benzene rings is 1. The molecule has 4 rings (SSSR count). The second kappa shape index (κ2) is 8.50. The molecule has 2 N–H and O–H groups in total. The highest BCUT2D eigenvalue weighted by Gasteiger charge is 2.39. The zero-order chi connectivity index (χ0) is 22.1. The minimum Gasteiger partial charge on any atom is -0.362 e. The van der Waals surface area contributed by atoms with Crippen molar-refractivity contribution in [2.75, 3.05) is 5.32 Å². The van der Waals surface area contributed by atoms with Crippen LogP contribution in [0.25, 0.3) is 0 Å². The number of aromatic nitrogens is 1. The molecule has 0 saturated heterocycles. The van der Waals surface area contributed by atoms with E-state index in [1.54, 1.807) is 6.07 Å². The summed E-state index contributed by atoms with van der Waals surface area (Å²) in [4.78, 5) is 31.0. The molecule has 2 aliphatic rings. The Kier molecular flexibility index (Phi) is 5.77. The first-order valence-corrected chi connectivity index (χ1v) is 10.9. The quantitative estimate of drug-likeness (QED) is 0.752. The average Bonchev–Trinajstić information content (AvgIpc) is 2.72. The first kappa shape index (κ1) is 21.0. The van der Waals surface area contributed by atoms with Crippen LogP contribution < -0.4 is 10.6 Å². The van der Waals surface area contributed by atoms with Gasteiger partial charge in [-0.15, -0.1) is 0 Å². The zero-order valence-corrected chi connectivity index (χ0v) is 18.6. The maximum absolute atomic E-state index is 13.5. The van der Waals surface area contributed by atoms with Crippen LogP contribution >= 0.6 is 0 Å². The fourth-order valence-corrected chi connectivity index (χ4v) is 4.61. The van der Waals surface area contributed by atoms with E-state index >= 15 is 0 Å². The number of allylic oxidation sites excluding steroid dienone is 3. The van der Waals surface area contributed by atoms with Crippen molar-refractivity contribution in [3.63, 3.8) is 0 Å². The van der Waals surface area contributed by atoms with Crippen LogP contribution in [0.3, 0.4) is 0 Å². The molecule has 1 amide bonds. The van der Waals surface area contributed by atoms with Crippen molar-refractivity contribution in [1.82, 2.24) is 10.3 Å². The van der Waals surface area contributed by atoms with Crippen LogP contribution in [-0.2, 0) is 16.0 Å². The van der Waals surface area contributed by atoms with Gasteiger partial charge >= 0.3 is 0 Å². The highest BCUT2D eigenvalue weighted by atomic mass is 16.2. The summed E-state index contributed by atoms with van der Waals surface area (Å²) in [5.41, 5.74) is 6.08. The fourth-order valence-electron chi connectivity index (χ4n) is 4.61. The molecule has 1 aromatic carbocycles. The summed E-state index contributed by atoms with van der Waals surface area (Å²) in [6.45, 7) is 8.02. The summed E-state index contributed by atoms with van der Waals surface area (Å²) >= 11 is 0. The van der Waals surface area contributed by atoms with Crippen LogP contribution in [0.2, 0.25) is 0 Å². The third-order valence-electron chi connectivity index (χ3n) is 6.13. The number of anilines is 1. The topological polar surface area (TPSA) is 71.1 Å². The highest BCUT2D eigenvalue weighted by Crippen LogP contribution is 2.43. The summed E-state index contributed by atoms with van der Waals surface area (Å²) in [5, 5.41) is 6.33. The number of amides is 1. The predicted octanol–water partition coefficient (Wildman–Crippen LogP) is 4.81. The Bertz CT molecular complexity index is 1100. The Balaban J connectivity index is 1.78. The molecule has 2 unspecified atom stereocenters. The molecule has 1 aliphatic heterocycles. The van der Waals surface area contributed by atoms with Crippen LogP contribution in [0.1, 0.15) is 56.4 Å². The van der Waals surface area contributed by atoms with Crippen LogP contribution in [0.15, 0.2) is 65.0 Å². The summed E-state index contributed by atoms with van der Waals surface area (Å²) in [5.74, 6) is 0.310. The number of hydrogen-bond donors (Lipinski definition) is 2. The molecule has 0 saturated carbocycles. The average molecular weight is 416 g/mol. The Morgan fingerprint density at radius 2 is 1.87 bits per heavy atom. The number of aryl methyl sites for hydroxylation is 2. The van der Waals surface area contributed by atoms with Crippen molar-refractivity contribution >= 4 is 17.5 Å². The number of hydrogen-bond acceptors (Lipinski definition) is 4. The SMILES string of the molecule is CCc1ccc(C2C(C(=O)Nc3cccc(C)n3)=C(C)NC3=C2C(=O)CC(C)C3)cc1. The van der Waals surface area contributed by atoms with E-state index in [-0.39, 0.29) is 17.6 Å². The molecule has 0 bridgehead atoms. The third kappa shape index (κ3) is 4.18. The van der Waals surface area contributed by atoms with Gasteiger partial charge in [0, 0.05) is 40.6 Å². The van der Waals surface area contributed by atoms with Gasteiger partial charge < -0.3 is 10.6 Å². The second-order valence-electron chi connectivity index (χ2n) is 8.64. The van der Waals surface area contributed by atoms with Crippen molar-refractivity contribution in [1.29, 1.82) is 0 Å². The van der Waals surface area contributed by atoms with Gasteiger partial charge in [-0.3, -0.25) is 9.59 Å². The number of carbonyl (C=O) groups excluding carboxylic acids is 2. The molecule has 5 heteroatoms. The van der Waals surface area contributed by atoms with E-state index < -0.39 is 0 Å². The van der Waals surface area contributed by atoms with Crippen LogP contribution in [0, 0.1) is 12.8 Å². The molecule has 2 atom stereocenters. The Morgan fingerprint density at radius 3 is 2.55 bits per heavy atom. The molecule has 1 aromatic heterocycles. The Labute approximate surface area is 183 Å². The van der Waals surface area contributed by atoms with E-state index in [1.165, 1.54) is 5.56 Å². The number of nitrogens with one attached hydrogen (secondary N) is 2. The second-order valence-corrected chi connectivity index (χ2v) is 8.64. The maximum atomic E-state index is 13.5. The first-order valence-electron chi connectivity index (χ1n) is 10.9. The van der Waals surface area contributed by atoms with E-state index in [1.807, 2.05) is 26.0 Å². The summed E-state index contributed by atoms with van der Waals surface area (Å²) in [6, 6.07) is 13.8. The fraction of sp³-hybridized carbons (Fsp3) is 0.346. The Hall–Kier alpha value is -3.21. The lowest BCUT2D eigenvalue weighted by atomic mass is 9.73. The molecule has 0 fully saturated rings. The standard InChI is InChI=1S/C26H29N3O2/c1-5-18-9-11-19(12-10-18)24-23(26(31)29-22-8-6-7-16(3)27-22)17(4)28-20-13-15(2)14-21(30)25(20)24/h6-12,15,24,28H,5,13-14H2,1-4H3,(H,27,29,31). The van der Waals surface area contributed by atoms with E-state index in [0.29, 0.717) is 23.7 Å². The van der Waals surface area contributed by atoms with Crippen molar-refractivity contribution in [2.24, 2.45) is 5.92 Å². The van der Waals surface area contributed by atoms with Gasteiger partial charge in [0.15, 0.2) is 5.78 Å². The molecule has 1 aliphatic carbocycles. The lowest BCUT2D eigenvalue weighted by Crippen LogP contribution is -2.37. The number of dihydropyridines is 1. The smallest absolute Gasteiger partial charge is 0.255 e. The van der Waals surface area contributed by atoms with Gasteiger partial charge in [-0.1, -0.05) is 44.2 Å². The van der Waals surface area contributed by atoms with E-state index in [0.717, 1.165) is 41.1 Å². The zero-order valence-electron chi connectivity index (χ0n) is 18.6. The monoisotopic (exact) mass is 415 g/mol. The van der Waals surface area contributed by atoms with Gasteiger partial charge in [-0.05, 0) is 55.9 Å². The highest BCUT2D eigenvalue weighted by molar-refractivity contribution is 6.09. The molecular weight excluding hydrogens is 386 g/mol. The molecule has 0 radical (unpaired) electrons. The van der Waals surface area contributed by atoms with Crippen LogP contribution in [-0.4, -0.2) is 16.7 Å². The third-order valence-corrected chi connectivity index (χ3v) is 6.13. The largest absolute Gasteiger partial charge is 0.362 e. The molecule has 0 spiro atoms. The van der Waals surface area contributed by atoms with Crippen molar-refractivity contribution in [2.45, 2.75) is 52.9 Å². The summed E-state index contributed by atoms with van der Waals surface area (Å²) in [6.07, 6.45) is 2.27. The van der Waals surface area contributed by atoms with E-state index in [4.69, 9.17) is 0 Å². The van der Waals surface area contributed by atoms with Gasteiger partial charge in [-0.2, -0.15) is 0 Å².